The van der Waals surface area contributed by atoms with Crippen LogP contribution in [-0.2, 0) is 0 Å². The fraction of sp³-hybridized carbons (Fsp3) is 0.200. The first-order chi connectivity index (χ1) is 3.68. The molecule has 0 saturated carbocycles. The normalized spacial score (nSPS) is 9.62. The average molecular weight is 113 g/mol. The largest absolute Gasteiger partial charge is 0.261 e. The van der Waals surface area contributed by atoms with E-state index >= 15 is 0 Å². The van der Waals surface area contributed by atoms with E-state index in [9.17, 15) is 10.1 Å². The maximum atomic E-state index is 9.74. The zero-order chi connectivity index (χ0) is 6.57. The second kappa shape index (κ2) is 2.96. The Balaban J connectivity index is 3.85. The third-order valence-corrected chi connectivity index (χ3v) is 0.594. The number of nitrogens with zero attached hydrogens (tertiary/aromatic N) is 1. The smallest absolute Gasteiger partial charge is 0.258 e. The topological polar surface area (TPSA) is 43.1 Å². The predicted molar refractivity (Wildman–Crippen MR) is 30.9 cm³/mol. The Morgan fingerprint density at radius 1 is 1.88 bits per heavy atom. The third kappa shape index (κ3) is 2.12. The summed E-state index contributed by atoms with van der Waals surface area (Å²) in [7, 11) is 0. The molecule has 0 amide bonds. The van der Waals surface area contributed by atoms with E-state index in [0.29, 0.717) is 0 Å². The van der Waals surface area contributed by atoms with Crippen molar-refractivity contribution in [3.63, 3.8) is 0 Å². The van der Waals surface area contributed by atoms with Gasteiger partial charge in [-0.2, -0.15) is 0 Å². The summed E-state index contributed by atoms with van der Waals surface area (Å²) in [6.45, 7) is 4.86. The molecule has 0 bridgehead atoms. The maximum Gasteiger partial charge on any atom is 0.261 e. The molecule has 3 heteroatoms. The van der Waals surface area contributed by atoms with Gasteiger partial charge in [-0.1, -0.05) is 6.08 Å². The second-order valence-corrected chi connectivity index (χ2v) is 1.25. The van der Waals surface area contributed by atoms with E-state index in [4.69, 9.17) is 0 Å². The summed E-state index contributed by atoms with van der Waals surface area (Å²) < 4.78 is 0. The molecule has 0 aliphatic rings. The molecule has 8 heavy (non-hydrogen) atoms. The first-order valence-corrected chi connectivity index (χ1v) is 2.14. The lowest BCUT2D eigenvalue weighted by atomic mass is 10.4. The van der Waals surface area contributed by atoms with Gasteiger partial charge in [0.2, 0.25) is 0 Å². The van der Waals surface area contributed by atoms with Crippen LogP contribution in [0.25, 0.3) is 0 Å². The van der Waals surface area contributed by atoms with Crippen molar-refractivity contribution in [1.29, 1.82) is 0 Å². The van der Waals surface area contributed by atoms with Crippen LogP contribution in [0.5, 0.6) is 0 Å². The van der Waals surface area contributed by atoms with Crippen molar-refractivity contribution in [3.05, 3.63) is 34.5 Å². The van der Waals surface area contributed by atoms with Crippen LogP contribution in [0.1, 0.15) is 6.92 Å². The Morgan fingerprint density at radius 3 is 2.50 bits per heavy atom. The Hall–Kier alpha value is -1.12. The van der Waals surface area contributed by atoms with Crippen LogP contribution in [0.3, 0.4) is 0 Å². The first kappa shape index (κ1) is 6.88. The minimum absolute atomic E-state index is 0.0764. The summed E-state index contributed by atoms with van der Waals surface area (Å²) in [6, 6.07) is 0. The molecular formula is C5H7NO2. The van der Waals surface area contributed by atoms with Crippen molar-refractivity contribution in [2.24, 2.45) is 0 Å². The van der Waals surface area contributed by atoms with E-state index in [0.717, 1.165) is 0 Å². The number of hydrogen-bond donors (Lipinski definition) is 0. The summed E-state index contributed by atoms with van der Waals surface area (Å²) in [5.41, 5.74) is -0.0764. The van der Waals surface area contributed by atoms with Crippen molar-refractivity contribution in [2.75, 3.05) is 0 Å². The molecule has 0 N–H and O–H groups in total. The summed E-state index contributed by atoms with van der Waals surface area (Å²) in [5.74, 6) is 0. The number of nitro groups is 1. The lowest BCUT2D eigenvalue weighted by Gasteiger charge is -1.82. The van der Waals surface area contributed by atoms with Crippen molar-refractivity contribution in [2.45, 2.75) is 6.92 Å². The lowest BCUT2D eigenvalue weighted by molar-refractivity contribution is -0.418. The van der Waals surface area contributed by atoms with Crippen LogP contribution >= 0.6 is 0 Å². The Labute approximate surface area is 47.5 Å². The van der Waals surface area contributed by atoms with Gasteiger partial charge in [0.05, 0.1) is 4.92 Å². The Kier molecular flexibility index (Phi) is 2.54. The van der Waals surface area contributed by atoms with Crippen molar-refractivity contribution >= 4 is 0 Å². The molecule has 0 spiro atoms. The number of allylic oxidation sites excluding steroid dienone is 2. The van der Waals surface area contributed by atoms with Gasteiger partial charge in [-0.25, -0.2) is 0 Å². The highest BCUT2D eigenvalue weighted by Gasteiger charge is 1.96. The highest BCUT2D eigenvalue weighted by Crippen LogP contribution is 1.90. The monoisotopic (exact) mass is 113 g/mol. The molecule has 44 valence electrons. The van der Waals surface area contributed by atoms with Gasteiger partial charge in [0.25, 0.3) is 5.70 Å². The van der Waals surface area contributed by atoms with E-state index in [1.165, 1.54) is 6.08 Å². The van der Waals surface area contributed by atoms with Gasteiger partial charge in [0.15, 0.2) is 0 Å². The zero-order valence-corrected chi connectivity index (χ0v) is 4.63. The van der Waals surface area contributed by atoms with Crippen LogP contribution in [0.2, 0.25) is 0 Å². The van der Waals surface area contributed by atoms with Gasteiger partial charge < -0.3 is 0 Å². The highest BCUT2D eigenvalue weighted by atomic mass is 16.6. The predicted octanol–water partition coefficient (Wildman–Crippen LogP) is 1.35. The minimum Gasteiger partial charge on any atom is -0.258 e. The molecular weight excluding hydrogens is 106 g/mol. The van der Waals surface area contributed by atoms with E-state index in [2.05, 4.69) is 6.58 Å². The summed E-state index contributed by atoms with van der Waals surface area (Å²) in [6.07, 6.45) is 2.92. The first-order valence-electron chi connectivity index (χ1n) is 2.14. The number of rotatable bonds is 2. The van der Waals surface area contributed by atoms with Crippen LogP contribution in [0, 0.1) is 10.1 Å². The molecule has 0 aromatic heterocycles. The quantitative estimate of drug-likeness (QED) is 0.308. The Morgan fingerprint density at radius 2 is 2.38 bits per heavy atom. The lowest BCUT2D eigenvalue weighted by Crippen LogP contribution is -1.91. The van der Waals surface area contributed by atoms with E-state index in [1.54, 1.807) is 13.0 Å². The van der Waals surface area contributed by atoms with Gasteiger partial charge in [0, 0.05) is 6.08 Å². The summed E-state index contributed by atoms with van der Waals surface area (Å²) >= 11 is 0. The fourth-order valence-corrected chi connectivity index (χ4v) is 0.253. The SMILES string of the molecule is C=C(C=CC)[N+](=O)[O-]. The van der Waals surface area contributed by atoms with Gasteiger partial charge in [-0.05, 0) is 13.5 Å². The summed E-state index contributed by atoms with van der Waals surface area (Å²) in [5, 5.41) is 9.74. The number of hydrogen-bond acceptors (Lipinski definition) is 2. The molecule has 0 unspecified atom stereocenters. The van der Waals surface area contributed by atoms with E-state index in [1.807, 2.05) is 0 Å². The van der Waals surface area contributed by atoms with Crippen molar-refractivity contribution < 1.29 is 4.92 Å². The van der Waals surface area contributed by atoms with Crippen LogP contribution < -0.4 is 0 Å². The molecule has 0 aliphatic carbocycles. The van der Waals surface area contributed by atoms with Gasteiger partial charge >= 0.3 is 0 Å². The van der Waals surface area contributed by atoms with Gasteiger partial charge in [-0.3, -0.25) is 10.1 Å². The van der Waals surface area contributed by atoms with Crippen LogP contribution in [-0.4, -0.2) is 4.92 Å². The third-order valence-electron chi connectivity index (χ3n) is 0.594. The molecule has 0 atom stereocenters. The summed E-state index contributed by atoms with van der Waals surface area (Å²) in [4.78, 5) is 9.22. The standard InChI is InChI=1S/C5H7NO2/c1-3-4-5(2)6(7)8/h3-4H,2H2,1H3. The molecule has 0 fully saturated rings. The fourth-order valence-electron chi connectivity index (χ4n) is 0.253. The zero-order valence-electron chi connectivity index (χ0n) is 4.63. The van der Waals surface area contributed by atoms with E-state index < -0.39 is 4.92 Å². The molecule has 0 rings (SSSR count). The van der Waals surface area contributed by atoms with Crippen molar-refractivity contribution in [1.82, 2.24) is 0 Å². The molecule has 0 heterocycles. The molecule has 0 saturated heterocycles. The molecule has 0 radical (unpaired) electrons. The second-order valence-electron chi connectivity index (χ2n) is 1.25. The van der Waals surface area contributed by atoms with Gasteiger partial charge in [0.1, 0.15) is 0 Å². The average Bonchev–Trinajstić information content (AvgIpc) is 1.67. The van der Waals surface area contributed by atoms with Crippen LogP contribution in [0.15, 0.2) is 24.4 Å². The van der Waals surface area contributed by atoms with Gasteiger partial charge in [-0.15, -0.1) is 0 Å². The van der Waals surface area contributed by atoms with E-state index in [-0.39, 0.29) is 5.70 Å². The van der Waals surface area contributed by atoms with Crippen molar-refractivity contribution in [3.8, 4) is 0 Å². The molecule has 0 aliphatic heterocycles. The Bertz CT molecular complexity index is 137. The maximum absolute atomic E-state index is 9.74. The molecule has 3 nitrogen and oxygen atoms in total. The molecule has 0 aromatic rings. The van der Waals surface area contributed by atoms with Crippen LogP contribution in [0.4, 0.5) is 0 Å². The highest BCUT2D eigenvalue weighted by molar-refractivity contribution is 5.03. The minimum atomic E-state index is -0.528. The molecule has 0 aromatic carbocycles.